The third-order valence-corrected chi connectivity index (χ3v) is 6.44. The molecule has 1 amide bonds. The Hall–Kier alpha value is -2.08. The largest absolute Gasteiger partial charge is 0.322 e. The average Bonchev–Trinajstić information content (AvgIpc) is 2.70. The quantitative estimate of drug-likeness (QED) is 0.615. The van der Waals surface area contributed by atoms with E-state index < -0.39 is 0 Å². The van der Waals surface area contributed by atoms with Gasteiger partial charge in [0.2, 0.25) is 0 Å². The van der Waals surface area contributed by atoms with E-state index in [4.69, 9.17) is 11.6 Å². The van der Waals surface area contributed by atoms with Crippen molar-refractivity contribution in [1.29, 1.82) is 0 Å². The Balaban J connectivity index is 1.52. The van der Waals surface area contributed by atoms with Crippen LogP contribution in [0.15, 0.2) is 42.5 Å². The molecule has 3 aromatic rings. The number of hydrogen-bond acceptors (Lipinski definition) is 4. The van der Waals surface area contributed by atoms with Crippen molar-refractivity contribution in [1.82, 2.24) is 9.88 Å². The Kier molecular flexibility index (Phi) is 6.09. The molecule has 1 aliphatic rings. The minimum atomic E-state index is -0.152. The summed E-state index contributed by atoms with van der Waals surface area (Å²) in [6, 6.07) is 13.6. The molecule has 0 bridgehead atoms. The number of benzene rings is 2. The number of thioether (sulfide) groups is 1. The molecule has 0 aliphatic carbocycles. The molecular weight excluding hydrogens is 402 g/mol. The Labute approximate surface area is 180 Å². The number of pyridine rings is 1. The Morgan fingerprint density at radius 2 is 1.93 bits per heavy atom. The van der Waals surface area contributed by atoms with Gasteiger partial charge >= 0.3 is 0 Å². The van der Waals surface area contributed by atoms with E-state index >= 15 is 0 Å². The third kappa shape index (κ3) is 4.74. The number of fused-ring (bicyclic) bond motifs is 1. The summed E-state index contributed by atoms with van der Waals surface area (Å²) in [4.78, 5) is 20.0. The van der Waals surface area contributed by atoms with Gasteiger partial charge in [0.15, 0.2) is 0 Å². The van der Waals surface area contributed by atoms with Crippen LogP contribution in [0.5, 0.6) is 0 Å². The molecule has 0 atom stereocenters. The standard InChI is InChI=1S/C23H24ClN3OS/c1-15-11-17(14-27-7-9-29-10-8-27)3-5-21(15)26-23(28)20-13-18-12-19(24)4-6-22(18)25-16(20)2/h3-6,11-13H,7-10,14H2,1-2H3,(H,26,28). The number of halogens is 1. The van der Waals surface area contributed by atoms with E-state index in [9.17, 15) is 4.79 Å². The van der Waals surface area contributed by atoms with E-state index in [1.165, 1.54) is 17.1 Å². The predicted octanol–water partition coefficient (Wildman–Crippen LogP) is 5.31. The SMILES string of the molecule is Cc1cc(CN2CCSCC2)ccc1NC(=O)c1cc2cc(Cl)ccc2nc1C. The maximum Gasteiger partial charge on any atom is 0.257 e. The molecule has 0 saturated carbocycles. The van der Waals surface area contributed by atoms with E-state index in [0.29, 0.717) is 16.3 Å². The summed E-state index contributed by atoms with van der Waals surface area (Å²) in [5.41, 5.74) is 5.28. The summed E-state index contributed by atoms with van der Waals surface area (Å²) in [5.74, 6) is 2.26. The lowest BCUT2D eigenvalue weighted by Crippen LogP contribution is -2.31. The molecule has 6 heteroatoms. The minimum absolute atomic E-state index is 0.152. The van der Waals surface area contributed by atoms with Gasteiger partial charge in [-0.25, -0.2) is 0 Å². The average molecular weight is 426 g/mol. The first-order valence-electron chi connectivity index (χ1n) is 9.77. The first kappa shape index (κ1) is 20.2. The van der Waals surface area contributed by atoms with Gasteiger partial charge in [-0.2, -0.15) is 11.8 Å². The van der Waals surface area contributed by atoms with Crippen LogP contribution in [0, 0.1) is 13.8 Å². The lowest BCUT2D eigenvalue weighted by atomic mass is 10.1. The number of aryl methyl sites for hydroxylation is 2. The monoisotopic (exact) mass is 425 g/mol. The van der Waals surface area contributed by atoms with Gasteiger partial charge in [-0.15, -0.1) is 0 Å². The molecule has 1 N–H and O–H groups in total. The van der Waals surface area contributed by atoms with Crippen LogP contribution in [0.4, 0.5) is 5.69 Å². The van der Waals surface area contributed by atoms with E-state index in [-0.39, 0.29) is 5.91 Å². The maximum absolute atomic E-state index is 12.9. The van der Waals surface area contributed by atoms with Crippen molar-refractivity contribution >= 4 is 45.9 Å². The normalized spacial score (nSPS) is 14.9. The van der Waals surface area contributed by atoms with Crippen molar-refractivity contribution in [3.05, 3.63) is 69.9 Å². The summed E-state index contributed by atoms with van der Waals surface area (Å²) in [6.07, 6.45) is 0. The van der Waals surface area contributed by atoms with Gasteiger partial charge in [0.1, 0.15) is 0 Å². The second-order valence-corrected chi connectivity index (χ2v) is 9.11. The van der Waals surface area contributed by atoms with Gasteiger partial charge in [0.05, 0.1) is 16.8 Å². The second kappa shape index (κ2) is 8.74. The topological polar surface area (TPSA) is 45.2 Å². The number of rotatable bonds is 4. The zero-order chi connectivity index (χ0) is 20.4. The maximum atomic E-state index is 12.9. The van der Waals surface area contributed by atoms with Crippen molar-refractivity contribution in [3.63, 3.8) is 0 Å². The highest BCUT2D eigenvalue weighted by Gasteiger charge is 2.15. The van der Waals surface area contributed by atoms with Gasteiger partial charge in [-0.3, -0.25) is 14.7 Å². The third-order valence-electron chi connectivity index (χ3n) is 5.26. The lowest BCUT2D eigenvalue weighted by Gasteiger charge is -2.26. The Morgan fingerprint density at radius 3 is 2.69 bits per heavy atom. The highest BCUT2D eigenvalue weighted by atomic mass is 35.5. The highest BCUT2D eigenvalue weighted by molar-refractivity contribution is 7.99. The number of nitrogens with one attached hydrogen (secondary N) is 1. The second-order valence-electron chi connectivity index (χ2n) is 7.45. The molecule has 0 spiro atoms. The molecular formula is C23H24ClN3OS. The van der Waals surface area contributed by atoms with Crippen LogP contribution in [-0.4, -0.2) is 40.4 Å². The van der Waals surface area contributed by atoms with E-state index in [1.54, 1.807) is 0 Å². The number of carbonyl (C=O) groups excluding carboxylic acids is 1. The molecule has 4 rings (SSSR count). The van der Waals surface area contributed by atoms with E-state index in [1.807, 2.05) is 55.9 Å². The van der Waals surface area contributed by atoms with E-state index in [0.717, 1.165) is 41.8 Å². The zero-order valence-corrected chi connectivity index (χ0v) is 18.2. The zero-order valence-electron chi connectivity index (χ0n) is 16.7. The van der Waals surface area contributed by atoms with Crippen LogP contribution in [0.2, 0.25) is 5.02 Å². The van der Waals surface area contributed by atoms with Crippen molar-refractivity contribution in [2.75, 3.05) is 29.9 Å². The Bertz CT molecular complexity index is 1060. The van der Waals surface area contributed by atoms with Gasteiger partial charge in [-0.1, -0.05) is 23.7 Å². The molecule has 1 saturated heterocycles. The van der Waals surface area contributed by atoms with Gasteiger partial charge in [-0.05, 0) is 55.3 Å². The molecule has 2 aromatic carbocycles. The Morgan fingerprint density at radius 1 is 1.14 bits per heavy atom. The van der Waals surface area contributed by atoms with Crippen molar-refractivity contribution < 1.29 is 4.79 Å². The molecule has 4 nitrogen and oxygen atoms in total. The van der Waals surface area contributed by atoms with Gasteiger partial charge < -0.3 is 5.32 Å². The van der Waals surface area contributed by atoms with Crippen LogP contribution >= 0.6 is 23.4 Å². The van der Waals surface area contributed by atoms with Gasteiger partial charge in [0, 0.05) is 47.2 Å². The first-order chi connectivity index (χ1) is 14.0. The lowest BCUT2D eigenvalue weighted by molar-refractivity contribution is 0.102. The fourth-order valence-corrected chi connectivity index (χ4v) is 4.80. The number of anilines is 1. The molecule has 1 aliphatic heterocycles. The summed E-state index contributed by atoms with van der Waals surface area (Å²) in [5, 5.41) is 4.54. The minimum Gasteiger partial charge on any atom is -0.322 e. The van der Waals surface area contributed by atoms with Crippen LogP contribution in [0.3, 0.4) is 0 Å². The van der Waals surface area contributed by atoms with Gasteiger partial charge in [0.25, 0.3) is 5.91 Å². The summed E-state index contributed by atoms with van der Waals surface area (Å²) in [6.45, 7) is 7.14. The molecule has 0 radical (unpaired) electrons. The number of amides is 1. The smallest absolute Gasteiger partial charge is 0.257 e. The van der Waals surface area contributed by atoms with Crippen LogP contribution in [0.1, 0.15) is 27.2 Å². The molecule has 1 aromatic heterocycles. The number of nitrogens with zero attached hydrogens (tertiary/aromatic N) is 2. The summed E-state index contributed by atoms with van der Waals surface area (Å²) in [7, 11) is 0. The number of carbonyl (C=O) groups is 1. The van der Waals surface area contributed by atoms with Crippen molar-refractivity contribution in [3.8, 4) is 0 Å². The predicted molar refractivity (Wildman–Crippen MR) is 123 cm³/mol. The number of hydrogen-bond donors (Lipinski definition) is 1. The number of aromatic nitrogens is 1. The first-order valence-corrected chi connectivity index (χ1v) is 11.3. The van der Waals surface area contributed by atoms with Crippen LogP contribution < -0.4 is 5.32 Å². The summed E-state index contributed by atoms with van der Waals surface area (Å²) >= 11 is 8.11. The molecule has 2 heterocycles. The highest BCUT2D eigenvalue weighted by Crippen LogP contribution is 2.23. The fraction of sp³-hybridized carbons (Fsp3) is 0.304. The van der Waals surface area contributed by atoms with E-state index in [2.05, 4.69) is 27.3 Å². The van der Waals surface area contributed by atoms with Crippen LogP contribution in [-0.2, 0) is 6.54 Å². The molecule has 0 unspecified atom stereocenters. The molecule has 29 heavy (non-hydrogen) atoms. The van der Waals surface area contributed by atoms with Crippen molar-refractivity contribution in [2.45, 2.75) is 20.4 Å². The fourth-order valence-electron chi connectivity index (χ4n) is 3.64. The molecule has 150 valence electrons. The summed E-state index contributed by atoms with van der Waals surface area (Å²) < 4.78 is 0. The van der Waals surface area contributed by atoms with Crippen LogP contribution in [0.25, 0.3) is 10.9 Å². The van der Waals surface area contributed by atoms with Crippen molar-refractivity contribution in [2.24, 2.45) is 0 Å². The molecule has 1 fully saturated rings.